The lowest BCUT2D eigenvalue weighted by Gasteiger charge is -2.10. The molecule has 0 saturated heterocycles. The van der Waals surface area contributed by atoms with Crippen LogP contribution in [-0.2, 0) is 25.0 Å². The van der Waals surface area contributed by atoms with Crippen molar-refractivity contribution < 1.29 is 30.7 Å². The van der Waals surface area contributed by atoms with Crippen molar-refractivity contribution >= 4 is 20.2 Å². The Morgan fingerprint density at radius 2 is 1.38 bits per heavy atom. The summed E-state index contributed by atoms with van der Waals surface area (Å²) in [5.74, 6) is -1.74. The van der Waals surface area contributed by atoms with Crippen molar-refractivity contribution in [2.24, 2.45) is 0 Å². The van der Waals surface area contributed by atoms with Gasteiger partial charge in [-0.25, -0.2) is 0 Å². The van der Waals surface area contributed by atoms with E-state index in [-0.39, 0.29) is 0 Å². The second kappa shape index (κ2) is 4.33. The molecule has 7 nitrogen and oxygen atoms in total. The zero-order chi connectivity index (χ0) is 10.7. The molecule has 0 radical (unpaired) electrons. The summed E-state index contributed by atoms with van der Waals surface area (Å²) in [6.07, 6.45) is -1.27. The monoisotopic (exact) mass is 234 g/mol. The highest BCUT2D eigenvalue weighted by Gasteiger charge is 2.21. The van der Waals surface area contributed by atoms with Gasteiger partial charge in [-0.3, -0.25) is 9.11 Å². The standard InChI is InChI=1S/C4H10O7S2/c1-11-4(2-12(5,6)7)3-13(8,9)10/h4H,2-3H2,1H3,(H,5,6,7)(H,8,9,10). The molecule has 2 N–H and O–H groups in total. The molecule has 0 bridgehead atoms. The lowest BCUT2D eigenvalue weighted by atomic mass is 10.5. The van der Waals surface area contributed by atoms with Gasteiger partial charge in [0.15, 0.2) is 0 Å². The van der Waals surface area contributed by atoms with Crippen molar-refractivity contribution in [2.75, 3.05) is 18.6 Å². The Morgan fingerprint density at radius 3 is 1.54 bits per heavy atom. The fourth-order valence-electron chi connectivity index (χ4n) is 0.654. The Labute approximate surface area is 76.2 Å². The largest absolute Gasteiger partial charge is 0.379 e. The Morgan fingerprint density at radius 1 is 1.08 bits per heavy atom. The second-order valence-corrected chi connectivity index (χ2v) is 5.35. The van der Waals surface area contributed by atoms with Crippen molar-refractivity contribution in [3.8, 4) is 0 Å². The van der Waals surface area contributed by atoms with Crippen LogP contribution in [0, 0.1) is 0 Å². The maximum atomic E-state index is 10.3. The quantitative estimate of drug-likeness (QED) is 0.572. The molecule has 0 unspecified atom stereocenters. The van der Waals surface area contributed by atoms with E-state index in [1.807, 2.05) is 0 Å². The van der Waals surface area contributed by atoms with Gasteiger partial charge in [-0.05, 0) is 0 Å². The maximum Gasteiger partial charge on any atom is 0.267 e. The molecule has 9 heteroatoms. The first-order chi connectivity index (χ1) is 5.64. The SMILES string of the molecule is COC(CS(=O)(=O)O)CS(=O)(=O)O. The zero-order valence-electron chi connectivity index (χ0n) is 6.74. The lowest BCUT2D eigenvalue weighted by Crippen LogP contribution is -2.30. The minimum atomic E-state index is -4.31. The molecule has 0 amide bonds. The highest BCUT2D eigenvalue weighted by atomic mass is 32.2. The predicted molar refractivity (Wildman–Crippen MR) is 43.6 cm³/mol. The molecule has 0 aliphatic carbocycles. The van der Waals surface area contributed by atoms with Crippen LogP contribution in [0.1, 0.15) is 0 Å². The van der Waals surface area contributed by atoms with Crippen LogP contribution in [0.5, 0.6) is 0 Å². The van der Waals surface area contributed by atoms with E-state index in [9.17, 15) is 16.8 Å². The van der Waals surface area contributed by atoms with Gasteiger partial charge in [-0.2, -0.15) is 16.8 Å². The predicted octanol–water partition coefficient (Wildman–Crippen LogP) is -1.22. The van der Waals surface area contributed by atoms with Gasteiger partial charge >= 0.3 is 0 Å². The van der Waals surface area contributed by atoms with E-state index in [1.165, 1.54) is 0 Å². The van der Waals surface area contributed by atoms with Crippen LogP contribution in [-0.4, -0.2) is 50.7 Å². The molecule has 0 aromatic rings. The lowest BCUT2D eigenvalue weighted by molar-refractivity contribution is 0.135. The smallest absolute Gasteiger partial charge is 0.267 e. The molecular weight excluding hydrogens is 224 g/mol. The molecule has 13 heavy (non-hydrogen) atoms. The van der Waals surface area contributed by atoms with Crippen LogP contribution in [0.2, 0.25) is 0 Å². The minimum absolute atomic E-state index is 0.872. The summed E-state index contributed by atoms with van der Waals surface area (Å²) in [5.41, 5.74) is 0. The van der Waals surface area contributed by atoms with Crippen molar-refractivity contribution in [3.05, 3.63) is 0 Å². The molecule has 0 aromatic heterocycles. The molecule has 0 saturated carbocycles. The van der Waals surface area contributed by atoms with Gasteiger partial charge in [0, 0.05) is 7.11 Å². The van der Waals surface area contributed by atoms with Crippen LogP contribution in [0.15, 0.2) is 0 Å². The normalized spacial score (nSPS) is 13.5. The van der Waals surface area contributed by atoms with Gasteiger partial charge in [0.1, 0.15) is 11.5 Å². The van der Waals surface area contributed by atoms with Crippen LogP contribution in [0.25, 0.3) is 0 Å². The van der Waals surface area contributed by atoms with Crippen LogP contribution >= 0.6 is 0 Å². The van der Waals surface area contributed by atoms with E-state index < -0.39 is 37.8 Å². The number of hydrogen-bond acceptors (Lipinski definition) is 5. The van der Waals surface area contributed by atoms with E-state index >= 15 is 0 Å². The molecule has 0 spiro atoms. The number of rotatable bonds is 5. The zero-order valence-corrected chi connectivity index (χ0v) is 8.38. The molecular formula is C4H10O7S2. The summed E-state index contributed by atoms with van der Waals surface area (Å²) >= 11 is 0. The van der Waals surface area contributed by atoms with Crippen molar-refractivity contribution in [1.29, 1.82) is 0 Å². The number of ether oxygens (including phenoxy) is 1. The average Bonchev–Trinajstić information content (AvgIpc) is 1.79. The fraction of sp³-hybridized carbons (Fsp3) is 1.00. The highest BCUT2D eigenvalue weighted by Crippen LogP contribution is 1.99. The number of hydrogen-bond donors (Lipinski definition) is 2. The first-order valence-electron chi connectivity index (χ1n) is 3.07. The van der Waals surface area contributed by atoms with Gasteiger partial charge in [-0.1, -0.05) is 0 Å². The van der Waals surface area contributed by atoms with E-state index in [2.05, 4.69) is 4.74 Å². The first kappa shape index (κ1) is 12.8. The molecule has 0 rings (SSSR count). The van der Waals surface area contributed by atoms with Gasteiger partial charge in [0.25, 0.3) is 20.2 Å². The Balaban J connectivity index is 4.39. The van der Waals surface area contributed by atoms with Crippen LogP contribution in [0.4, 0.5) is 0 Å². The third-order valence-corrected chi connectivity index (χ3v) is 2.71. The van der Waals surface area contributed by atoms with Gasteiger partial charge in [0.2, 0.25) is 0 Å². The topological polar surface area (TPSA) is 118 Å². The molecule has 0 aliphatic heterocycles. The Kier molecular flexibility index (Phi) is 4.26. The van der Waals surface area contributed by atoms with E-state index in [0.717, 1.165) is 7.11 Å². The summed E-state index contributed by atoms with van der Waals surface area (Å²) in [6, 6.07) is 0. The molecule has 0 aliphatic rings. The molecule has 0 heterocycles. The van der Waals surface area contributed by atoms with Crippen LogP contribution in [0.3, 0.4) is 0 Å². The Hall–Kier alpha value is -0.220. The summed E-state index contributed by atoms with van der Waals surface area (Å²) in [5, 5.41) is 0. The van der Waals surface area contributed by atoms with Gasteiger partial charge in [-0.15, -0.1) is 0 Å². The van der Waals surface area contributed by atoms with E-state index in [4.69, 9.17) is 9.11 Å². The van der Waals surface area contributed by atoms with Crippen molar-refractivity contribution in [3.63, 3.8) is 0 Å². The minimum Gasteiger partial charge on any atom is -0.379 e. The Bertz CT molecular complexity index is 305. The highest BCUT2D eigenvalue weighted by molar-refractivity contribution is 7.86. The molecule has 80 valence electrons. The molecule has 0 atom stereocenters. The van der Waals surface area contributed by atoms with Crippen LogP contribution < -0.4 is 0 Å². The maximum absolute atomic E-state index is 10.3. The van der Waals surface area contributed by atoms with Gasteiger partial charge in [0.05, 0.1) is 6.10 Å². The second-order valence-electron chi connectivity index (χ2n) is 2.35. The van der Waals surface area contributed by atoms with Crippen molar-refractivity contribution in [2.45, 2.75) is 6.10 Å². The van der Waals surface area contributed by atoms with E-state index in [1.54, 1.807) is 0 Å². The number of methoxy groups -OCH3 is 1. The summed E-state index contributed by atoms with van der Waals surface area (Å²) < 4.78 is 62.2. The third-order valence-electron chi connectivity index (χ3n) is 1.13. The first-order valence-corrected chi connectivity index (χ1v) is 6.29. The van der Waals surface area contributed by atoms with Crippen molar-refractivity contribution in [1.82, 2.24) is 0 Å². The van der Waals surface area contributed by atoms with Gasteiger partial charge < -0.3 is 4.74 Å². The fourth-order valence-corrected chi connectivity index (χ4v) is 2.25. The molecule has 0 fully saturated rings. The summed E-state index contributed by atoms with van der Waals surface area (Å²) in [6.45, 7) is 0. The van der Waals surface area contributed by atoms with E-state index in [0.29, 0.717) is 0 Å². The summed E-state index contributed by atoms with van der Waals surface area (Å²) in [7, 11) is -7.55. The summed E-state index contributed by atoms with van der Waals surface area (Å²) in [4.78, 5) is 0. The molecule has 0 aromatic carbocycles. The average molecular weight is 234 g/mol. The third kappa shape index (κ3) is 8.12.